The van der Waals surface area contributed by atoms with E-state index in [-0.39, 0.29) is 6.10 Å². The van der Waals surface area contributed by atoms with Crippen LogP contribution in [-0.2, 0) is 12.8 Å². The van der Waals surface area contributed by atoms with Gasteiger partial charge in [0, 0.05) is 6.42 Å². The summed E-state index contributed by atoms with van der Waals surface area (Å²) in [6.45, 7) is 3.30. The van der Waals surface area contributed by atoms with E-state index < -0.39 is 0 Å². The fraction of sp³-hybridized carbons (Fsp3) is 0.333. The molecule has 110 valence electrons. The van der Waals surface area contributed by atoms with Gasteiger partial charge in [0.1, 0.15) is 24.2 Å². The molecule has 3 nitrogen and oxygen atoms in total. The summed E-state index contributed by atoms with van der Waals surface area (Å²) < 4.78 is 11.9. The van der Waals surface area contributed by atoms with Gasteiger partial charge in [0.2, 0.25) is 0 Å². The van der Waals surface area contributed by atoms with Crippen LogP contribution in [0.4, 0.5) is 0 Å². The third-order valence-corrected chi connectivity index (χ3v) is 3.77. The molecule has 1 unspecified atom stereocenters. The standard InChI is InChI=1S/C18H21NO2/c1-13-6-7-18-15(10-13)11-16(21-18)12-20-17-5-3-2-4-14(17)8-9-19/h2-7,10,16H,8-9,11-12,19H2,1H3. The molecule has 1 atom stereocenters. The summed E-state index contributed by atoms with van der Waals surface area (Å²) >= 11 is 0. The summed E-state index contributed by atoms with van der Waals surface area (Å²) in [5, 5.41) is 0. The van der Waals surface area contributed by atoms with Crippen LogP contribution in [0, 0.1) is 6.92 Å². The molecule has 2 aromatic rings. The van der Waals surface area contributed by atoms with E-state index in [1.54, 1.807) is 0 Å². The molecule has 1 aliphatic rings. The van der Waals surface area contributed by atoms with Crippen LogP contribution >= 0.6 is 0 Å². The Hall–Kier alpha value is -2.00. The Morgan fingerprint density at radius 2 is 2.10 bits per heavy atom. The van der Waals surface area contributed by atoms with Crippen LogP contribution in [0.2, 0.25) is 0 Å². The number of hydrogen-bond acceptors (Lipinski definition) is 3. The Labute approximate surface area is 125 Å². The van der Waals surface area contributed by atoms with Gasteiger partial charge >= 0.3 is 0 Å². The first kappa shape index (κ1) is 14.0. The number of hydrogen-bond donors (Lipinski definition) is 1. The van der Waals surface area contributed by atoms with Crippen molar-refractivity contribution >= 4 is 0 Å². The number of nitrogens with two attached hydrogens (primary N) is 1. The third-order valence-electron chi connectivity index (χ3n) is 3.77. The predicted octanol–water partition coefficient (Wildman–Crippen LogP) is 2.88. The average Bonchev–Trinajstić information content (AvgIpc) is 2.88. The molecule has 3 heteroatoms. The summed E-state index contributed by atoms with van der Waals surface area (Å²) in [7, 11) is 0. The largest absolute Gasteiger partial charge is 0.489 e. The molecular weight excluding hydrogens is 262 g/mol. The van der Waals surface area contributed by atoms with E-state index in [0.29, 0.717) is 13.2 Å². The molecule has 0 radical (unpaired) electrons. The minimum atomic E-state index is 0.0905. The van der Waals surface area contributed by atoms with Crippen molar-refractivity contribution < 1.29 is 9.47 Å². The number of para-hydroxylation sites is 1. The lowest BCUT2D eigenvalue weighted by Crippen LogP contribution is -2.22. The van der Waals surface area contributed by atoms with E-state index in [9.17, 15) is 0 Å². The maximum Gasteiger partial charge on any atom is 0.137 e. The molecule has 0 spiro atoms. The maximum atomic E-state index is 5.95. The number of fused-ring (bicyclic) bond motifs is 1. The molecule has 2 N–H and O–H groups in total. The Morgan fingerprint density at radius 3 is 2.95 bits per heavy atom. The zero-order valence-electron chi connectivity index (χ0n) is 12.3. The molecule has 21 heavy (non-hydrogen) atoms. The molecule has 0 saturated carbocycles. The van der Waals surface area contributed by atoms with Crippen molar-refractivity contribution in [2.24, 2.45) is 5.73 Å². The van der Waals surface area contributed by atoms with Gasteiger partial charge in [0.05, 0.1) is 0 Å². The third kappa shape index (κ3) is 3.19. The second kappa shape index (κ2) is 6.19. The molecule has 3 rings (SSSR count). The summed E-state index contributed by atoms with van der Waals surface area (Å²) in [5.41, 5.74) is 9.35. The highest BCUT2D eigenvalue weighted by atomic mass is 16.5. The smallest absolute Gasteiger partial charge is 0.137 e. The van der Waals surface area contributed by atoms with E-state index in [1.807, 2.05) is 24.3 Å². The highest BCUT2D eigenvalue weighted by Crippen LogP contribution is 2.30. The molecule has 2 aromatic carbocycles. The van der Waals surface area contributed by atoms with Gasteiger partial charge in [-0.05, 0) is 43.1 Å². The zero-order chi connectivity index (χ0) is 14.7. The van der Waals surface area contributed by atoms with Crippen molar-refractivity contribution in [1.82, 2.24) is 0 Å². The Morgan fingerprint density at radius 1 is 1.24 bits per heavy atom. The van der Waals surface area contributed by atoms with Crippen LogP contribution in [0.25, 0.3) is 0 Å². The molecule has 1 aliphatic heterocycles. The van der Waals surface area contributed by atoms with Crippen LogP contribution < -0.4 is 15.2 Å². The zero-order valence-corrected chi connectivity index (χ0v) is 12.3. The van der Waals surface area contributed by atoms with Crippen LogP contribution in [0.15, 0.2) is 42.5 Å². The Kier molecular flexibility index (Phi) is 4.11. The van der Waals surface area contributed by atoms with Crippen molar-refractivity contribution in [2.75, 3.05) is 13.2 Å². The summed E-state index contributed by atoms with van der Waals surface area (Å²) in [5.74, 6) is 1.91. The second-order valence-electron chi connectivity index (χ2n) is 5.51. The van der Waals surface area contributed by atoms with Gasteiger partial charge in [-0.15, -0.1) is 0 Å². The fourth-order valence-electron chi connectivity index (χ4n) is 2.73. The first-order chi connectivity index (χ1) is 10.3. The van der Waals surface area contributed by atoms with E-state index in [0.717, 1.165) is 29.9 Å². The lowest BCUT2D eigenvalue weighted by Gasteiger charge is -2.14. The van der Waals surface area contributed by atoms with E-state index in [4.69, 9.17) is 15.2 Å². The summed E-state index contributed by atoms with van der Waals surface area (Å²) in [6.07, 6.45) is 1.84. The van der Waals surface area contributed by atoms with Crippen molar-refractivity contribution in [2.45, 2.75) is 25.9 Å². The molecule has 0 amide bonds. The van der Waals surface area contributed by atoms with Gasteiger partial charge in [-0.25, -0.2) is 0 Å². The maximum absolute atomic E-state index is 5.95. The molecule has 0 fully saturated rings. The summed E-state index contributed by atoms with van der Waals surface area (Å²) in [6, 6.07) is 14.4. The van der Waals surface area contributed by atoms with Gasteiger partial charge in [-0.1, -0.05) is 35.9 Å². The average molecular weight is 283 g/mol. The van der Waals surface area contributed by atoms with Gasteiger partial charge in [0.15, 0.2) is 0 Å². The normalized spacial score (nSPS) is 16.4. The van der Waals surface area contributed by atoms with Crippen LogP contribution in [0.1, 0.15) is 16.7 Å². The molecule has 0 aromatic heterocycles. The molecule has 0 saturated heterocycles. The number of aryl methyl sites for hydroxylation is 1. The van der Waals surface area contributed by atoms with Crippen molar-refractivity contribution in [1.29, 1.82) is 0 Å². The lowest BCUT2D eigenvalue weighted by molar-refractivity contribution is 0.148. The van der Waals surface area contributed by atoms with E-state index >= 15 is 0 Å². The van der Waals surface area contributed by atoms with E-state index in [2.05, 4.69) is 25.1 Å². The second-order valence-corrected chi connectivity index (χ2v) is 5.51. The highest BCUT2D eigenvalue weighted by molar-refractivity contribution is 5.40. The highest BCUT2D eigenvalue weighted by Gasteiger charge is 2.23. The monoisotopic (exact) mass is 283 g/mol. The van der Waals surface area contributed by atoms with Gasteiger partial charge in [0.25, 0.3) is 0 Å². The Balaban J connectivity index is 1.62. The first-order valence-electron chi connectivity index (χ1n) is 7.43. The molecule has 1 heterocycles. The number of ether oxygens (including phenoxy) is 2. The molecule has 0 aliphatic carbocycles. The van der Waals surface area contributed by atoms with Gasteiger partial charge in [-0.3, -0.25) is 0 Å². The van der Waals surface area contributed by atoms with Crippen LogP contribution in [0.5, 0.6) is 11.5 Å². The molecule has 0 bridgehead atoms. The summed E-state index contributed by atoms with van der Waals surface area (Å²) in [4.78, 5) is 0. The predicted molar refractivity (Wildman–Crippen MR) is 84.0 cm³/mol. The quantitative estimate of drug-likeness (QED) is 0.917. The number of benzene rings is 2. The lowest BCUT2D eigenvalue weighted by atomic mass is 10.1. The first-order valence-corrected chi connectivity index (χ1v) is 7.43. The van der Waals surface area contributed by atoms with Crippen LogP contribution in [-0.4, -0.2) is 19.3 Å². The minimum absolute atomic E-state index is 0.0905. The fourth-order valence-corrected chi connectivity index (χ4v) is 2.73. The van der Waals surface area contributed by atoms with Crippen molar-refractivity contribution in [3.8, 4) is 11.5 Å². The SMILES string of the molecule is Cc1ccc2c(c1)CC(COc1ccccc1CCN)O2. The van der Waals surface area contributed by atoms with Crippen molar-refractivity contribution in [3.05, 3.63) is 59.2 Å². The van der Waals surface area contributed by atoms with E-state index in [1.165, 1.54) is 11.1 Å². The van der Waals surface area contributed by atoms with Crippen LogP contribution in [0.3, 0.4) is 0 Å². The Bertz CT molecular complexity index is 624. The molecular formula is C18H21NO2. The minimum Gasteiger partial charge on any atom is -0.489 e. The number of rotatable bonds is 5. The topological polar surface area (TPSA) is 44.5 Å². The van der Waals surface area contributed by atoms with Gasteiger partial charge in [-0.2, -0.15) is 0 Å². The van der Waals surface area contributed by atoms with Crippen molar-refractivity contribution in [3.63, 3.8) is 0 Å². The van der Waals surface area contributed by atoms with Gasteiger partial charge < -0.3 is 15.2 Å².